The Bertz CT molecular complexity index is 2550. The number of anilines is 1. The van der Waals surface area contributed by atoms with Gasteiger partial charge in [0.15, 0.2) is 12.4 Å². The highest BCUT2D eigenvalue weighted by molar-refractivity contribution is 6.21. The maximum Gasteiger partial charge on any atom is 0.312 e. The highest BCUT2D eigenvalue weighted by atomic mass is 16.7. The molecule has 0 aromatic heterocycles. The largest absolute Gasteiger partial charge is 0.507 e. The number of aromatic hydroxyl groups is 2. The normalized spacial score (nSPS) is 26.5. The number of esters is 1. The number of carbonyl (C=O) groups excluding carboxylic acids is 4. The zero-order valence-electron chi connectivity index (χ0n) is 39.9. The molecule has 9 atom stereocenters. The molecule has 0 saturated heterocycles. The van der Waals surface area contributed by atoms with Gasteiger partial charge >= 0.3 is 11.8 Å². The molecule has 15 nitrogen and oxygen atoms in total. The van der Waals surface area contributed by atoms with Gasteiger partial charge in [-0.15, -0.1) is 0 Å². The molecule has 0 radical (unpaired) electrons. The monoisotopic (exact) mass is 934 g/mol. The zero-order chi connectivity index (χ0) is 49.6. The molecule has 362 valence electrons. The van der Waals surface area contributed by atoms with Crippen molar-refractivity contribution in [2.75, 3.05) is 19.0 Å². The molecule has 0 spiro atoms. The lowest BCUT2D eigenvalue weighted by molar-refractivity contribution is -0.160. The summed E-state index contributed by atoms with van der Waals surface area (Å²) in [5.74, 6) is -8.31. The van der Waals surface area contributed by atoms with E-state index >= 15 is 0 Å². The third kappa shape index (κ3) is 10.9. The molecule has 5 N–H and O–H groups in total. The maximum absolute atomic E-state index is 14.8. The van der Waals surface area contributed by atoms with E-state index in [1.54, 1.807) is 44.7 Å². The summed E-state index contributed by atoms with van der Waals surface area (Å²) in [4.78, 5) is 56.8. The molecule has 0 saturated carbocycles. The molecule has 2 amide bonds. The standard InChI is InChI=1S/C53H62N2O13/c1-29-17-16-18-30(2)52(63)54-38-25-40(65-28-41(57)55(26-36-19-12-10-13-20-36)27-37-21-14-11-15-22-37)42-43(48(38)61)47(60)34(6)50-44(42)51(62)53(8,68-50)66-24-23-39(64-9)31(3)49(67-35(7)56)33(5)46(59)32(4)45(29)58/h10-25,29,31-33,39,45-46,49,58-61H,26-28H2,1-9H3,(H,54,63)/b17-16+,24-23+,30-18?. The fraction of sp³-hybridized carbons (Fsp3) is 0.396. The lowest BCUT2D eigenvalue weighted by atomic mass is 9.78. The van der Waals surface area contributed by atoms with Gasteiger partial charge in [-0.25, -0.2) is 0 Å². The second-order valence-electron chi connectivity index (χ2n) is 17.9. The van der Waals surface area contributed by atoms with Crippen LogP contribution in [0.2, 0.25) is 0 Å². The first-order valence-electron chi connectivity index (χ1n) is 22.6. The molecule has 3 aliphatic heterocycles. The number of phenolic OH excluding ortho intramolecular Hbond substituents is 2. The van der Waals surface area contributed by atoms with Gasteiger partial charge in [-0.2, -0.15) is 0 Å². The number of fused-ring (bicyclic) bond motifs is 14. The Morgan fingerprint density at radius 3 is 2.04 bits per heavy atom. The van der Waals surface area contributed by atoms with Crippen LogP contribution in [0.3, 0.4) is 0 Å². The Labute approximate surface area is 396 Å². The summed E-state index contributed by atoms with van der Waals surface area (Å²) >= 11 is 0. The predicted octanol–water partition coefficient (Wildman–Crippen LogP) is 7.66. The number of nitrogens with one attached hydrogen (secondary N) is 1. The number of allylic oxidation sites excluding steroid dienone is 2. The topological polar surface area (TPSA) is 211 Å². The lowest BCUT2D eigenvalue weighted by Crippen LogP contribution is -2.46. The van der Waals surface area contributed by atoms with Crippen LogP contribution >= 0.6 is 0 Å². The summed E-state index contributed by atoms with van der Waals surface area (Å²) in [5, 5.41) is 49.1. The smallest absolute Gasteiger partial charge is 0.312 e. The number of methoxy groups -OCH3 is 1. The SMILES string of the molecule is COC1/C=C/OC2(C)Oc3c(C)c(O)c4c(O)c(cc(OCC(=O)N(Cc5ccccc5)Cc5ccccc5)c4c3C2=O)NC(=O)C(C)=C/C=C/C(C)C(O)C(C)C(O)C(C)C(OC(C)=O)C1C. The number of rotatable bonds is 9. The number of Topliss-reactive ketones (excluding diaryl/α,β-unsaturated/α-hetero) is 1. The molecule has 9 unspecified atom stereocenters. The van der Waals surface area contributed by atoms with Crippen LogP contribution in [0.1, 0.15) is 75.5 Å². The number of ketones is 1. The van der Waals surface area contributed by atoms with Crippen molar-refractivity contribution in [1.82, 2.24) is 4.90 Å². The molecule has 5 bridgehead atoms. The van der Waals surface area contributed by atoms with Crippen molar-refractivity contribution in [3.8, 4) is 23.0 Å². The average molecular weight is 935 g/mol. The molecule has 15 heteroatoms. The van der Waals surface area contributed by atoms with E-state index in [2.05, 4.69) is 5.32 Å². The molecule has 4 aromatic rings. The maximum atomic E-state index is 14.8. The number of ether oxygens (including phenoxy) is 5. The molecule has 68 heavy (non-hydrogen) atoms. The molecule has 4 aromatic carbocycles. The van der Waals surface area contributed by atoms with Crippen LogP contribution < -0.4 is 14.8 Å². The van der Waals surface area contributed by atoms with Crippen molar-refractivity contribution >= 4 is 40.0 Å². The molecule has 3 aliphatic rings. The Morgan fingerprint density at radius 2 is 1.46 bits per heavy atom. The predicted molar refractivity (Wildman–Crippen MR) is 255 cm³/mol. The minimum atomic E-state index is -2.06. The minimum Gasteiger partial charge on any atom is -0.507 e. The molecule has 3 heterocycles. The summed E-state index contributed by atoms with van der Waals surface area (Å²) in [6.07, 6.45) is 3.55. The zero-order valence-corrected chi connectivity index (χ0v) is 39.9. The van der Waals surface area contributed by atoms with Crippen LogP contribution in [0.4, 0.5) is 5.69 Å². The Morgan fingerprint density at radius 1 is 0.838 bits per heavy atom. The Kier molecular flexibility index (Phi) is 16.1. The van der Waals surface area contributed by atoms with Gasteiger partial charge < -0.3 is 54.3 Å². The quantitative estimate of drug-likeness (QED) is 0.0808. The average Bonchev–Trinajstić information content (AvgIpc) is 3.59. The van der Waals surface area contributed by atoms with Crippen molar-refractivity contribution in [2.45, 2.75) is 98.7 Å². The summed E-state index contributed by atoms with van der Waals surface area (Å²) in [6.45, 7) is 12.5. The molecular formula is C53H62N2O13. The third-order valence-electron chi connectivity index (χ3n) is 13.0. The van der Waals surface area contributed by atoms with E-state index in [4.69, 9.17) is 23.7 Å². The van der Waals surface area contributed by atoms with E-state index in [-0.39, 0.29) is 57.7 Å². The van der Waals surface area contributed by atoms with Crippen LogP contribution in [0.15, 0.2) is 103 Å². The first-order valence-corrected chi connectivity index (χ1v) is 22.6. The Balaban J connectivity index is 1.47. The molecule has 0 aliphatic carbocycles. The van der Waals surface area contributed by atoms with E-state index in [9.17, 15) is 39.6 Å². The van der Waals surface area contributed by atoms with Crippen molar-refractivity contribution in [1.29, 1.82) is 0 Å². The van der Waals surface area contributed by atoms with Gasteiger partial charge in [0.1, 0.15) is 23.4 Å². The highest BCUT2D eigenvalue weighted by Crippen LogP contribution is 2.54. The molecular weight excluding hydrogens is 873 g/mol. The van der Waals surface area contributed by atoms with Crippen molar-refractivity contribution in [3.63, 3.8) is 0 Å². The van der Waals surface area contributed by atoms with Crippen LogP contribution in [0.5, 0.6) is 23.0 Å². The van der Waals surface area contributed by atoms with Gasteiger partial charge in [0.25, 0.3) is 17.6 Å². The number of aliphatic hydroxyl groups is 2. The number of nitrogens with zero attached hydrogens (tertiary/aromatic N) is 1. The van der Waals surface area contributed by atoms with Gasteiger partial charge in [0.2, 0.25) is 0 Å². The number of benzene rings is 4. The van der Waals surface area contributed by atoms with Crippen LogP contribution in [0, 0.1) is 30.6 Å². The fourth-order valence-electron chi connectivity index (χ4n) is 8.82. The summed E-state index contributed by atoms with van der Waals surface area (Å²) in [5.41, 5.74) is 1.67. The van der Waals surface area contributed by atoms with Crippen LogP contribution in [-0.4, -0.2) is 92.8 Å². The first-order chi connectivity index (χ1) is 32.3. The summed E-state index contributed by atoms with van der Waals surface area (Å²) < 4.78 is 30.2. The lowest BCUT2D eigenvalue weighted by Gasteiger charge is -2.38. The van der Waals surface area contributed by atoms with E-state index in [0.29, 0.717) is 0 Å². The number of aliphatic hydroxyl groups excluding tert-OH is 2. The van der Waals surface area contributed by atoms with E-state index in [1.807, 2.05) is 60.7 Å². The second kappa shape index (κ2) is 21.5. The third-order valence-corrected chi connectivity index (χ3v) is 13.0. The van der Waals surface area contributed by atoms with E-state index in [1.165, 1.54) is 59.3 Å². The van der Waals surface area contributed by atoms with Gasteiger partial charge in [-0.05, 0) is 31.1 Å². The number of amides is 2. The van der Waals surface area contributed by atoms with E-state index in [0.717, 1.165) is 11.1 Å². The van der Waals surface area contributed by atoms with Gasteiger partial charge in [0, 0.05) is 80.3 Å². The first kappa shape index (κ1) is 50.7. The van der Waals surface area contributed by atoms with Gasteiger partial charge in [-0.3, -0.25) is 19.2 Å². The molecule has 0 fully saturated rings. The second-order valence-corrected chi connectivity index (χ2v) is 17.9. The van der Waals surface area contributed by atoms with Crippen molar-refractivity contribution in [2.24, 2.45) is 23.7 Å². The number of hydrogen-bond donors (Lipinski definition) is 5. The van der Waals surface area contributed by atoms with E-state index < -0.39 is 95.5 Å². The number of phenols is 2. The number of hydrogen-bond acceptors (Lipinski definition) is 13. The highest BCUT2D eigenvalue weighted by Gasteiger charge is 2.50. The fourth-order valence-corrected chi connectivity index (χ4v) is 8.82. The van der Waals surface area contributed by atoms with Crippen LogP contribution in [0.25, 0.3) is 10.8 Å². The van der Waals surface area contributed by atoms with Gasteiger partial charge in [0.05, 0.1) is 41.2 Å². The van der Waals surface area contributed by atoms with Gasteiger partial charge in [-0.1, -0.05) is 107 Å². The van der Waals surface area contributed by atoms with Crippen LogP contribution in [-0.2, 0) is 41.7 Å². The van der Waals surface area contributed by atoms with Crippen molar-refractivity contribution < 1.29 is 63.3 Å². The minimum absolute atomic E-state index is 0.0623. The Hall–Kier alpha value is -6.68. The molecule has 7 rings (SSSR count). The van der Waals surface area contributed by atoms with Crippen molar-refractivity contribution in [3.05, 3.63) is 125 Å². The summed E-state index contributed by atoms with van der Waals surface area (Å²) in [6, 6.07) is 20.1. The summed E-state index contributed by atoms with van der Waals surface area (Å²) in [7, 11) is 1.44. The number of carbonyl (C=O) groups is 4.